The molecule has 23 heavy (non-hydrogen) atoms. The van der Waals surface area contributed by atoms with E-state index in [4.69, 9.17) is 9.47 Å². The fourth-order valence-electron chi connectivity index (χ4n) is 2.21. The number of carbonyl (C=O) groups is 1. The van der Waals surface area contributed by atoms with E-state index in [2.05, 4.69) is 10.6 Å². The van der Waals surface area contributed by atoms with E-state index in [9.17, 15) is 4.79 Å². The van der Waals surface area contributed by atoms with Crippen LogP contribution in [-0.4, -0.2) is 20.3 Å². The number of ether oxygens (including phenoxy) is 2. The quantitative estimate of drug-likeness (QED) is 0.840. The highest BCUT2D eigenvalue weighted by Crippen LogP contribution is 2.20. The van der Waals surface area contributed by atoms with Gasteiger partial charge < -0.3 is 20.1 Å². The molecule has 0 aliphatic carbocycles. The standard InChI is InChI=1S/C18H22N2O3/c1-13(23-3)14-8-6-9-16(11-14)19-18(21)20-17-10-5-4-7-15(17)12-22-2/h4-11,13H,12H2,1-3H3,(H2,19,20,21)/t13-/m1/s1. The van der Waals surface area contributed by atoms with Crippen molar-refractivity contribution in [2.75, 3.05) is 24.9 Å². The number of hydrogen-bond acceptors (Lipinski definition) is 3. The lowest BCUT2D eigenvalue weighted by molar-refractivity contribution is 0.119. The molecule has 1 atom stereocenters. The number of amides is 2. The molecule has 0 aliphatic rings. The van der Waals surface area contributed by atoms with Crippen LogP contribution in [0.1, 0.15) is 24.2 Å². The van der Waals surface area contributed by atoms with E-state index in [1.807, 2.05) is 55.5 Å². The third-order valence-corrected chi connectivity index (χ3v) is 3.53. The molecule has 0 fully saturated rings. The van der Waals surface area contributed by atoms with Crippen LogP contribution in [0.2, 0.25) is 0 Å². The Morgan fingerprint density at radius 2 is 1.87 bits per heavy atom. The average molecular weight is 314 g/mol. The molecule has 122 valence electrons. The number of benzene rings is 2. The first kappa shape index (κ1) is 17.0. The minimum Gasteiger partial charge on any atom is -0.380 e. The molecule has 2 aromatic rings. The average Bonchev–Trinajstić information content (AvgIpc) is 2.56. The predicted octanol–water partition coefficient (Wildman–Crippen LogP) is 4.18. The molecule has 2 aromatic carbocycles. The number of anilines is 2. The summed E-state index contributed by atoms with van der Waals surface area (Å²) in [6.45, 7) is 2.40. The Morgan fingerprint density at radius 1 is 1.09 bits per heavy atom. The summed E-state index contributed by atoms with van der Waals surface area (Å²) in [6.07, 6.45) is -0.0257. The van der Waals surface area contributed by atoms with Gasteiger partial charge in [0.25, 0.3) is 0 Å². The van der Waals surface area contributed by atoms with Gasteiger partial charge >= 0.3 is 6.03 Å². The molecular weight excluding hydrogens is 292 g/mol. The zero-order chi connectivity index (χ0) is 16.7. The zero-order valence-electron chi connectivity index (χ0n) is 13.6. The Morgan fingerprint density at radius 3 is 2.61 bits per heavy atom. The number of hydrogen-bond donors (Lipinski definition) is 2. The second-order valence-corrected chi connectivity index (χ2v) is 5.17. The van der Waals surface area contributed by atoms with Crippen LogP contribution in [-0.2, 0) is 16.1 Å². The first-order valence-corrected chi connectivity index (χ1v) is 7.41. The molecule has 0 radical (unpaired) electrons. The Bertz CT molecular complexity index is 658. The van der Waals surface area contributed by atoms with Gasteiger partial charge in [-0.3, -0.25) is 0 Å². The van der Waals surface area contributed by atoms with E-state index in [-0.39, 0.29) is 12.1 Å². The SMILES string of the molecule is COCc1ccccc1NC(=O)Nc1cccc([C@@H](C)OC)c1. The smallest absolute Gasteiger partial charge is 0.323 e. The molecule has 2 amide bonds. The lowest BCUT2D eigenvalue weighted by atomic mass is 10.1. The lowest BCUT2D eigenvalue weighted by Gasteiger charge is -2.14. The van der Waals surface area contributed by atoms with E-state index in [0.717, 1.165) is 16.8 Å². The Hall–Kier alpha value is -2.37. The van der Waals surface area contributed by atoms with Crippen LogP contribution in [0, 0.1) is 0 Å². The Labute approximate surface area is 136 Å². The molecule has 0 spiro atoms. The lowest BCUT2D eigenvalue weighted by Crippen LogP contribution is -2.20. The highest BCUT2D eigenvalue weighted by Gasteiger charge is 2.08. The van der Waals surface area contributed by atoms with Gasteiger partial charge in [0.2, 0.25) is 0 Å². The molecule has 5 nitrogen and oxygen atoms in total. The Kier molecular flexibility index (Phi) is 6.14. The number of rotatable bonds is 6. The van der Waals surface area contributed by atoms with Crippen molar-refractivity contribution >= 4 is 17.4 Å². The van der Waals surface area contributed by atoms with Crippen molar-refractivity contribution in [1.29, 1.82) is 0 Å². The summed E-state index contributed by atoms with van der Waals surface area (Å²) >= 11 is 0. The molecule has 0 saturated carbocycles. The minimum atomic E-state index is -0.296. The van der Waals surface area contributed by atoms with Crippen molar-refractivity contribution in [3.05, 3.63) is 59.7 Å². The van der Waals surface area contributed by atoms with Crippen molar-refractivity contribution in [2.24, 2.45) is 0 Å². The largest absolute Gasteiger partial charge is 0.380 e. The fourth-order valence-corrected chi connectivity index (χ4v) is 2.21. The molecule has 0 aliphatic heterocycles. The fraction of sp³-hybridized carbons (Fsp3) is 0.278. The van der Waals surface area contributed by atoms with Gasteiger partial charge in [-0.2, -0.15) is 0 Å². The minimum absolute atomic E-state index is 0.0257. The molecule has 0 saturated heterocycles. The van der Waals surface area contributed by atoms with E-state index in [0.29, 0.717) is 12.3 Å². The molecule has 0 unspecified atom stereocenters. The van der Waals surface area contributed by atoms with Gasteiger partial charge in [-0.15, -0.1) is 0 Å². The topological polar surface area (TPSA) is 59.6 Å². The monoisotopic (exact) mass is 314 g/mol. The van der Waals surface area contributed by atoms with Crippen LogP contribution in [0.3, 0.4) is 0 Å². The first-order chi connectivity index (χ1) is 11.1. The molecule has 0 aromatic heterocycles. The maximum atomic E-state index is 12.2. The Balaban J connectivity index is 2.05. The molecule has 2 rings (SSSR count). The third kappa shape index (κ3) is 4.81. The predicted molar refractivity (Wildman–Crippen MR) is 91.7 cm³/mol. The molecular formula is C18H22N2O3. The number of carbonyl (C=O) groups excluding carboxylic acids is 1. The maximum absolute atomic E-state index is 12.2. The van der Waals surface area contributed by atoms with Gasteiger partial charge in [0.05, 0.1) is 12.7 Å². The van der Waals surface area contributed by atoms with Crippen LogP contribution in [0.15, 0.2) is 48.5 Å². The highest BCUT2D eigenvalue weighted by atomic mass is 16.5. The summed E-state index contributed by atoms with van der Waals surface area (Å²) in [7, 11) is 3.28. The van der Waals surface area contributed by atoms with Crippen molar-refractivity contribution in [2.45, 2.75) is 19.6 Å². The number of nitrogens with one attached hydrogen (secondary N) is 2. The van der Waals surface area contributed by atoms with Gasteiger partial charge in [0.1, 0.15) is 0 Å². The van der Waals surface area contributed by atoms with Crippen molar-refractivity contribution < 1.29 is 14.3 Å². The molecule has 5 heteroatoms. The number of para-hydroxylation sites is 1. The molecule has 0 bridgehead atoms. The van der Waals surface area contributed by atoms with E-state index < -0.39 is 0 Å². The van der Waals surface area contributed by atoms with Crippen molar-refractivity contribution in [3.8, 4) is 0 Å². The van der Waals surface area contributed by atoms with Crippen LogP contribution in [0.4, 0.5) is 16.2 Å². The van der Waals surface area contributed by atoms with Gasteiger partial charge in [-0.25, -0.2) is 4.79 Å². The first-order valence-electron chi connectivity index (χ1n) is 7.41. The molecule has 2 N–H and O–H groups in total. The van der Waals surface area contributed by atoms with Gasteiger partial charge in [0, 0.05) is 31.2 Å². The van der Waals surface area contributed by atoms with Gasteiger partial charge in [-0.1, -0.05) is 30.3 Å². The second-order valence-electron chi connectivity index (χ2n) is 5.17. The van der Waals surface area contributed by atoms with Gasteiger partial charge in [0.15, 0.2) is 0 Å². The third-order valence-electron chi connectivity index (χ3n) is 3.53. The number of urea groups is 1. The summed E-state index contributed by atoms with van der Waals surface area (Å²) in [4.78, 5) is 12.2. The van der Waals surface area contributed by atoms with E-state index in [1.165, 1.54) is 0 Å². The summed E-state index contributed by atoms with van der Waals surface area (Å²) in [5.74, 6) is 0. The van der Waals surface area contributed by atoms with Gasteiger partial charge in [-0.05, 0) is 30.7 Å². The summed E-state index contributed by atoms with van der Waals surface area (Å²) in [6, 6.07) is 14.8. The van der Waals surface area contributed by atoms with Crippen LogP contribution >= 0.6 is 0 Å². The van der Waals surface area contributed by atoms with Crippen LogP contribution in [0.5, 0.6) is 0 Å². The van der Waals surface area contributed by atoms with Crippen molar-refractivity contribution in [1.82, 2.24) is 0 Å². The molecule has 0 heterocycles. The normalized spacial score (nSPS) is 11.8. The second kappa shape index (κ2) is 8.31. The summed E-state index contributed by atoms with van der Waals surface area (Å²) in [5, 5.41) is 5.68. The van der Waals surface area contributed by atoms with Crippen LogP contribution < -0.4 is 10.6 Å². The van der Waals surface area contributed by atoms with E-state index in [1.54, 1.807) is 14.2 Å². The summed E-state index contributed by atoms with van der Waals surface area (Å²) in [5.41, 5.74) is 3.37. The van der Waals surface area contributed by atoms with Crippen LogP contribution in [0.25, 0.3) is 0 Å². The van der Waals surface area contributed by atoms with E-state index >= 15 is 0 Å². The zero-order valence-corrected chi connectivity index (χ0v) is 13.6. The van der Waals surface area contributed by atoms with Crippen molar-refractivity contribution in [3.63, 3.8) is 0 Å². The highest BCUT2D eigenvalue weighted by molar-refractivity contribution is 6.00. The maximum Gasteiger partial charge on any atom is 0.323 e. The summed E-state index contributed by atoms with van der Waals surface area (Å²) < 4.78 is 10.4. The number of methoxy groups -OCH3 is 2.